The molecule has 8 rings (SSSR count). The van der Waals surface area contributed by atoms with Gasteiger partial charge in [0.2, 0.25) is 0 Å². The molecule has 4 saturated carbocycles. The normalized spacial score (nSPS) is 36.8. The van der Waals surface area contributed by atoms with E-state index in [0.29, 0.717) is 18.6 Å². The van der Waals surface area contributed by atoms with Gasteiger partial charge in [0.15, 0.2) is 11.5 Å². The van der Waals surface area contributed by atoms with E-state index in [9.17, 15) is 0 Å². The zero-order valence-electron chi connectivity index (χ0n) is 25.7. The molecular formula is C35H48NO5+. The van der Waals surface area contributed by atoms with Gasteiger partial charge in [-0.05, 0) is 67.9 Å². The van der Waals surface area contributed by atoms with Crippen molar-refractivity contribution in [2.75, 3.05) is 55.2 Å². The summed E-state index contributed by atoms with van der Waals surface area (Å²) >= 11 is 0. The molecule has 6 heteroatoms. The van der Waals surface area contributed by atoms with Gasteiger partial charge in [-0.1, -0.05) is 18.2 Å². The van der Waals surface area contributed by atoms with E-state index in [1.165, 1.54) is 59.9 Å². The Kier molecular flexibility index (Phi) is 6.64. The molecule has 6 atom stereocenters. The summed E-state index contributed by atoms with van der Waals surface area (Å²) in [4.78, 5) is 0. The Morgan fingerprint density at radius 2 is 1.71 bits per heavy atom. The van der Waals surface area contributed by atoms with Crippen molar-refractivity contribution in [1.29, 1.82) is 0 Å². The predicted octanol–water partition coefficient (Wildman–Crippen LogP) is 5.93. The van der Waals surface area contributed by atoms with Gasteiger partial charge in [-0.3, -0.25) is 0 Å². The van der Waals surface area contributed by atoms with Crippen LogP contribution in [0.5, 0.6) is 17.2 Å². The Hall–Kier alpha value is -2.28. The van der Waals surface area contributed by atoms with Gasteiger partial charge in [0, 0.05) is 48.2 Å². The molecule has 0 N–H and O–H groups in total. The fourth-order valence-electron chi connectivity index (χ4n) is 10.3. The standard InChI is InChI=1S/C35H48NO5/c1-36(20-24-6-7-24)17-16-34-23-35(40-5)15-14-33(34,19-27(35)22-41-21-25-8-11-28(37-2)12-9-25)30(36)18-26-10-13-29(38-3)32(39-4)31(26)34/h8-13,24,27,30H,6-7,14-23H2,1-5H3/q+1. The number of benzene rings is 2. The summed E-state index contributed by atoms with van der Waals surface area (Å²) in [5.41, 5.74) is 4.15. The highest BCUT2D eigenvalue weighted by atomic mass is 16.5. The van der Waals surface area contributed by atoms with Crippen molar-refractivity contribution in [3.8, 4) is 17.2 Å². The van der Waals surface area contributed by atoms with Crippen LogP contribution in [0.2, 0.25) is 0 Å². The second-order valence-corrected chi connectivity index (χ2v) is 14.1. The van der Waals surface area contributed by atoms with Crippen LogP contribution in [0.15, 0.2) is 36.4 Å². The quantitative estimate of drug-likeness (QED) is 0.336. The summed E-state index contributed by atoms with van der Waals surface area (Å²) in [5, 5.41) is 0. The minimum atomic E-state index is -0.188. The molecule has 41 heavy (non-hydrogen) atoms. The van der Waals surface area contributed by atoms with Crippen LogP contribution in [0, 0.1) is 17.3 Å². The highest BCUT2D eigenvalue weighted by Gasteiger charge is 2.76. The number of likely N-dealkylation sites (N-methyl/N-ethyl adjacent to an activating group) is 1. The Labute approximate surface area is 245 Å². The molecule has 0 aromatic heterocycles. The SMILES string of the molecule is COc1ccc(COCC2CC34CCC2(OC)CC32CC[N+](C)(CC3CC3)C4Cc3ccc(OC)c(OC)c32)cc1. The summed E-state index contributed by atoms with van der Waals surface area (Å²) in [5.74, 6) is 3.99. The van der Waals surface area contributed by atoms with Crippen molar-refractivity contribution in [1.82, 2.24) is 0 Å². The number of ether oxygens (including phenoxy) is 5. The predicted molar refractivity (Wildman–Crippen MR) is 159 cm³/mol. The van der Waals surface area contributed by atoms with E-state index >= 15 is 0 Å². The molecule has 5 fully saturated rings. The molecule has 6 nitrogen and oxygen atoms in total. The minimum absolute atomic E-state index is 0.0349. The van der Waals surface area contributed by atoms with E-state index in [-0.39, 0.29) is 16.4 Å². The maximum absolute atomic E-state index is 6.64. The summed E-state index contributed by atoms with van der Waals surface area (Å²) in [6, 6.07) is 13.3. The Morgan fingerprint density at radius 1 is 0.902 bits per heavy atom. The average Bonchev–Trinajstić information content (AvgIpc) is 3.82. The lowest BCUT2D eigenvalue weighted by Gasteiger charge is -2.74. The second-order valence-electron chi connectivity index (χ2n) is 14.1. The maximum Gasteiger partial charge on any atom is 0.164 e. The maximum atomic E-state index is 6.64. The molecule has 1 spiro atoms. The van der Waals surface area contributed by atoms with Crippen molar-refractivity contribution < 1.29 is 28.2 Å². The molecule has 0 radical (unpaired) electrons. The summed E-state index contributed by atoms with van der Waals surface area (Å²) < 4.78 is 31.8. The Morgan fingerprint density at radius 3 is 2.39 bits per heavy atom. The molecule has 2 aromatic rings. The molecule has 1 saturated heterocycles. The summed E-state index contributed by atoms with van der Waals surface area (Å²) in [6.07, 6.45) is 9.68. The van der Waals surface area contributed by atoms with Crippen LogP contribution >= 0.6 is 0 Å². The zero-order chi connectivity index (χ0) is 28.5. The first-order chi connectivity index (χ1) is 19.9. The molecule has 222 valence electrons. The number of hydrogen-bond donors (Lipinski definition) is 0. The Bertz CT molecular complexity index is 1290. The zero-order valence-corrected chi connectivity index (χ0v) is 25.7. The number of piperidine rings is 1. The van der Waals surface area contributed by atoms with Gasteiger partial charge >= 0.3 is 0 Å². The van der Waals surface area contributed by atoms with Crippen LogP contribution in [0.3, 0.4) is 0 Å². The number of rotatable bonds is 10. The highest BCUT2D eigenvalue weighted by Crippen LogP contribution is 2.74. The monoisotopic (exact) mass is 562 g/mol. The van der Waals surface area contributed by atoms with E-state index in [1.807, 2.05) is 26.4 Å². The third kappa shape index (κ3) is 4.00. The molecule has 1 aliphatic heterocycles. The van der Waals surface area contributed by atoms with Gasteiger partial charge in [-0.25, -0.2) is 0 Å². The van der Waals surface area contributed by atoms with E-state index in [0.717, 1.165) is 55.5 Å². The first-order valence-corrected chi connectivity index (χ1v) is 15.7. The molecule has 1 heterocycles. The van der Waals surface area contributed by atoms with Crippen LogP contribution in [-0.2, 0) is 27.9 Å². The summed E-state index contributed by atoms with van der Waals surface area (Å²) in [7, 11) is 9.85. The van der Waals surface area contributed by atoms with Crippen LogP contribution < -0.4 is 14.2 Å². The van der Waals surface area contributed by atoms with Gasteiger partial charge < -0.3 is 28.2 Å². The first-order valence-electron chi connectivity index (χ1n) is 15.7. The number of nitrogens with zero attached hydrogens (tertiary/aromatic N) is 1. The van der Waals surface area contributed by atoms with Gasteiger partial charge in [0.05, 0.1) is 66.3 Å². The van der Waals surface area contributed by atoms with Crippen LogP contribution in [0.25, 0.3) is 0 Å². The smallest absolute Gasteiger partial charge is 0.164 e. The topological polar surface area (TPSA) is 46.2 Å². The van der Waals surface area contributed by atoms with Gasteiger partial charge in [0.1, 0.15) is 5.75 Å². The lowest BCUT2D eigenvalue weighted by molar-refractivity contribution is -0.952. The number of hydrogen-bond acceptors (Lipinski definition) is 5. The van der Waals surface area contributed by atoms with Crippen molar-refractivity contribution in [3.05, 3.63) is 53.1 Å². The van der Waals surface area contributed by atoms with Crippen molar-refractivity contribution in [2.45, 2.75) is 75.0 Å². The van der Waals surface area contributed by atoms with Gasteiger partial charge in [0.25, 0.3) is 0 Å². The third-order valence-corrected chi connectivity index (χ3v) is 12.4. The molecule has 6 aliphatic rings. The van der Waals surface area contributed by atoms with E-state index in [4.69, 9.17) is 23.7 Å². The van der Waals surface area contributed by atoms with E-state index in [2.05, 4.69) is 31.3 Å². The highest BCUT2D eigenvalue weighted by molar-refractivity contribution is 5.59. The van der Waals surface area contributed by atoms with Crippen LogP contribution in [0.1, 0.15) is 61.6 Å². The largest absolute Gasteiger partial charge is 0.497 e. The fourth-order valence-corrected chi connectivity index (χ4v) is 10.3. The van der Waals surface area contributed by atoms with Crippen molar-refractivity contribution in [3.63, 3.8) is 0 Å². The first kappa shape index (κ1) is 27.5. The molecule has 6 unspecified atom stereocenters. The second kappa shape index (κ2) is 9.89. The van der Waals surface area contributed by atoms with Crippen LogP contribution in [0.4, 0.5) is 0 Å². The third-order valence-electron chi connectivity index (χ3n) is 12.4. The van der Waals surface area contributed by atoms with E-state index in [1.54, 1.807) is 14.2 Å². The number of quaternary nitrogens is 1. The van der Waals surface area contributed by atoms with Crippen LogP contribution in [-0.4, -0.2) is 71.3 Å². The van der Waals surface area contributed by atoms with Gasteiger partial charge in [-0.15, -0.1) is 0 Å². The van der Waals surface area contributed by atoms with Crippen molar-refractivity contribution in [2.24, 2.45) is 17.3 Å². The van der Waals surface area contributed by atoms with Crippen molar-refractivity contribution >= 4 is 0 Å². The fraction of sp³-hybridized carbons (Fsp3) is 0.657. The molecule has 0 amide bonds. The lowest BCUT2D eigenvalue weighted by atomic mass is 9.35. The molecular weight excluding hydrogens is 514 g/mol. The Balaban J connectivity index is 1.27. The summed E-state index contributed by atoms with van der Waals surface area (Å²) in [6.45, 7) is 3.92. The molecule has 2 aromatic carbocycles. The minimum Gasteiger partial charge on any atom is -0.497 e. The lowest BCUT2D eigenvalue weighted by Crippen LogP contribution is -2.79. The number of likely N-dealkylation sites (tertiary alicyclic amines) is 1. The molecule has 4 bridgehead atoms. The molecule has 5 aliphatic carbocycles. The number of methoxy groups -OCH3 is 4. The average molecular weight is 563 g/mol. The van der Waals surface area contributed by atoms with Gasteiger partial charge in [-0.2, -0.15) is 0 Å². The number of fused-ring (bicyclic) bond motifs is 3. The van der Waals surface area contributed by atoms with E-state index < -0.39 is 0 Å².